The molecule has 0 bridgehead atoms. The van der Waals surface area contributed by atoms with Crippen LogP contribution >= 0.6 is 22.6 Å². The van der Waals surface area contributed by atoms with Gasteiger partial charge in [0.15, 0.2) is 11.5 Å². The van der Waals surface area contributed by atoms with Gasteiger partial charge in [0.25, 0.3) is 0 Å². The highest BCUT2D eigenvalue weighted by Crippen LogP contribution is 2.27. The summed E-state index contributed by atoms with van der Waals surface area (Å²) in [5.41, 5.74) is 1.03. The molecule has 0 saturated heterocycles. The predicted octanol–water partition coefficient (Wildman–Crippen LogP) is 1.66. The van der Waals surface area contributed by atoms with Crippen LogP contribution in [-0.4, -0.2) is 47.8 Å². The Bertz CT molecular complexity index is 673. The van der Waals surface area contributed by atoms with E-state index in [0.29, 0.717) is 17.0 Å². The Hall–Kier alpha value is -1.49. The Kier molecular flexibility index (Phi) is 5.16. The molecule has 2 heterocycles. The average molecular weight is 419 g/mol. The molecule has 0 aliphatic carbocycles. The van der Waals surface area contributed by atoms with Crippen LogP contribution in [0.1, 0.15) is 24.8 Å². The normalized spacial score (nSPS) is 15.7. The Morgan fingerprint density at radius 1 is 1.32 bits per heavy atom. The van der Waals surface area contributed by atoms with Crippen LogP contribution in [0.2, 0.25) is 0 Å². The van der Waals surface area contributed by atoms with E-state index in [9.17, 15) is 15.0 Å². The number of imidazole rings is 1. The summed E-state index contributed by atoms with van der Waals surface area (Å²) in [5.74, 6) is -0.685. The first-order valence-corrected chi connectivity index (χ1v) is 8.06. The van der Waals surface area contributed by atoms with Crippen LogP contribution in [0, 0.1) is 5.92 Å². The average Bonchev–Trinajstić information content (AvgIpc) is 2.87. The van der Waals surface area contributed by atoms with Gasteiger partial charge < -0.3 is 15.5 Å². The molecule has 22 heavy (non-hydrogen) atoms. The van der Waals surface area contributed by atoms with Gasteiger partial charge in [0.2, 0.25) is 0 Å². The van der Waals surface area contributed by atoms with Gasteiger partial charge in [-0.2, -0.15) is 0 Å². The van der Waals surface area contributed by atoms with Gasteiger partial charge in [-0.25, -0.2) is 19.7 Å². The van der Waals surface area contributed by atoms with Gasteiger partial charge in [-0.1, -0.05) is 36.4 Å². The monoisotopic (exact) mass is 419 g/mol. The Labute approximate surface area is 141 Å². The maximum Gasteiger partial charge on any atom is 0.326 e. The molecule has 8 nitrogen and oxygen atoms in total. The van der Waals surface area contributed by atoms with Crippen molar-refractivity contribution in [2.24, 2.45) is 5.92 Å². The third-order valence-corrected chi connectivity index (χ3v) is 4.89. The van der Waals surface area contributed by atoms with Crippen molar-refractivity contribution in [2.45, 2.75) is 37.0 Å². The van der Waals surface area contributed by atoms with Gasteiger partial charge in [-0.15, -0.1) is 0 Å². The first kappa shape index (κ1) is 16.9. The number of alkyl halides is 1. The van der Waals surface area contributed by atoms with Gasteiger partial charge in [-0.3, -0.25) is 4.57 Å². The molecule has 2 rings (SSSR count). The number of nitrogens with zero attached hydrogens (tertiary/aromatic N) is 4. The molecule has 0 fully saturated rings. The highest BCUT2D eigenvalue weighted by Gasteiger charge is 2.24. The van der Waals surface area contributed by atoms with E-state index in [4.69, 9.17) is 0 Å². The molecule has 3 N–H and O–H groups in total. The minimum atomic E-state index is -0.947. The smallest absolute Gasteiger partial charge is 0.326 e. The van der Waals surface area contributed by atoms with Crippen molar-refractivity contribution < 1.29 is 15.0 Å². The number of aliphatic hydroxyl groups excluding tert-OH is 1. The van der Waals surface area contributed by atoms with Crippen molar-refractivity contribution in [3.05, 3.63) is 12.7 Å². The van der Waals surface area contributed by atoms with Gasteiger partial charge in [0, 0.05) is 0 Å². The van der Waals surface area contributed by atoms with E-state index in [0.717, 1.165) is 0 Å². The van der Waals surface area contributed by atoms with E-state index in [-0.39, 0.29) is 9.97 Å². The quantitative estimate of drug-likeness (QED) is 0.482. The van der Waals surface area contributed by atoms with Gasteiger partial charge >= 0.3 is 5.97 Å². The highest BCUT2D eigenvalue weighted by molar-refractivity contribution is 14.1. The van der Waals surface area contributed by atoms with E-state index in [1.165, 1.54) is 6.33 Å². The van der Waals surface area contributed by atoms with Crippen LogP contribution < -0.4 is 5.32 Å². The summed E-state index contributed by atoms with van der Waals surface area (Å²) in [6.07, 6.45) is 2.35. The number of halogens is 1. The first-order chi connectivity index (χ1) is 10.3. The highest BCUT2D eigenvalue weighted by atomic mass is 127. The van der Waals surface area contributed by atoms with Crippen molar-refractivity contribution in [1.82, 2.24) is 19.5 Å². The van der Waals surface area contributed by atoms with Crippen LogP contribution in [0.5, 0.6) is 0 Å². The van der Waals surface area contributed by atoms with Crippen LogP contribution in [-0.2, 0) is 4.79 Å². The summed E-state index contributed by atoms with van der Waals surface area (Å²) in [7, 11) is 0. The number of nitrogens with one attached hydrogen (secondary N) is 1. The number of carboxylic acids is 1. The van der Waals surface area contributed by atoms with Crippen LogP contribution in [0.25, 0.3) is 11.2 Å². The maximum absolute atomic E-state index is 11.3. The van der Waals surface area contributed by atoms with Crippen LogP contribution in [0.15, 0.2) is 12.7 Å². The van der Waals surface area contributed by atoms with Crippen molar-refractivity contribution in [2.75, 3.05) is 5.32 Å². The number of rotatable bonds is 6. The minimum Gasteiger partial charge on any atom is -0.480 e. The molecule has 120 valence electrons. The lowest BCUT2D eigenvalue weighted by atomic mass is 10.1. The van der Waals surface area contributed by atoms with Gasteiger partial charge in [-0.05, 0) is 12.8 Å². The number of carbonyl (C=O) groups is 1. The Morgan fingerprint density at radius 2 is 2.00 bits per heavy atom. The molecule has 2 aromatic heterocycles. The lowest BCUT2D eigenvalue weighted by Crippen LogP contribution is -2.34. The second-order valence-corrected chi connectivity index (χ2v) is 6.64. The van der Waals surface area contributed by atoms with Gasteiger partial charge in [0.1, 0.15) is 21.9 Å². The topological polar surface area (TPSA) is 113 Å². The van der Waals surface area contributed by atoms with E-state index in [1.54, 1.807) is 17.8 Å². The number of fused-ring (bicyclic) bond motifs is 1. The molecule has 0 aromatic carbocycles. The van der Waals surface area contributed by atoms with Crippen molar-refractivity contribution in [3.8, 4) is 0 Å². The van der Waals surface area contributed by atoms with Crippen LogP contribution in [0.3, 0.4) is 0 Å². The van der Waals surface area contributed by atoms with Crippen molar-refractivity contribution in [3.63, 3.8) is 0 Å². The lowest BCUT2D eigenvalue weighted by Gasteiger charge is -2.18. The fraction of sp³-hybridized carbons (Fsp3) is 0.538. The molecule has 9 heteroatoms. The molecular formula is C13H18IN5O3. The zero-order valence-electron chi connectivity index (χ0n) is 12.4. The van der Waals surface area contributed by atoms with Crippen molar-refractivity contribution >= 4 is 45.5 Å². The first-order valence-electron chi connectivity index (χ1n) is 6.82. The molecule has 0 spiro atoms. The second-order valence-electron chi connectivity index (χ2n) is 5.36. The summed E-state index contributed by atoms with van der Waals surface area (Å²) in [6, 6.07) is -0.768. The SMILES string of the molecule is CC(O)[C@@H](I)n1cnc2c(N[C@@H](C(=O)O)C(C)C)ncnc21. The fourth-order valence-corrected chi connectivity index (χ4v) is 2.44. The van der Waals surface area contributed by atoms with Crippen molar-refractivity contribution in [1.29, 1.82) is 0 Å². The van der Waals surface area contributed by atoms with E-state index in [1.807, 2.05) is 13.8 Å². The number of hydrogen-bond acceptors (Lipinski definition) is 6. The molecular weight excluding hydrogens is 401 g/mol. The summed E-state index contributed by atoms with van der Waals surface area (Å²) in [4.78, 5) is 23.9. The van der Waals surface area contributed by atoms with E-state index >= 15 is 0 Å². The molecule has 0 aliphatic heterocycles. The molecule has 0 amide bonds. The maximum atomic E-state index is 11.3. The summed E-state index contributed by atoms with van der Waals surface area (Å²) in [6.45, 7) is 5.32. The largest absolute Gasteiger partial charge is 0.480 e. The number of carboxylic acid groups (broad SMARTS) is 1. The number of hydrogen-bond donors (Lipinski definition) is 3. The molecule has 0 radical (unpaired) electrons. The lowest BCUT2D eigenvalue weighted by molar-refractivity contribution is -0.138. The molecule has 3 atom stereocenters. The third-order valence-electron chi connectivity index (χ3n) is 3.25. The minimum absolute atomic E-state index is 0.112. The summed E-state index contributed by atoms with van der Waals surface area (Å²) < 4.78 is 1.50. The predicted molar refractivity (Wildman–Crippen MR) is 89.9 cm³/mol. The van der Waals surface area contributed by atoms with E-state index in [2.05, 4.69) is 42.9 Å². The third kappa shape index (κ3) is 3.29. The molecule has 0 saturated carbocycles. The molecule has 1 unspecified atom stereocenters. The Balaban J connectivity index is 2.42. The second kappa shape index (κ2) is 6.73. The zero-order valence-corrected chi connectivity index (χ0v) is 14.6. The number of anilines is 1. The fourth-order valence-electron chi connectivity index (χ4n) is 2.03. The summed E-state index contributed by atoms with van der Waals surface area (Å²) >= 11 is 2.10. The number of aromatic nitrogens is 4. The van der Waals surface area contributed by atoms with Gasteiger partial charge in [0.05, 0.1) is 12.4 Å². The standard InChI is InChI=1S/C13H18IN5O3/c1-6(2)8(13(21)22)18-11-9-12(16-4-15-11)19(5-17-9)10(14)7(3)20/h4-8,10,20H,1-3H3,(H,21,22)(H,15,16,18)/t7?,8-,10+/m1/s1. The Morgan fingerprint density at radius 3 is 2.55 bits per heavy atom. The molecule has 0 aliphatic rings. The number of aliphatic hydroxyl groups is 1. The molecule has 2 aromatic rings. The van der Waals surface area contributed by atoms with E-state index < -0.39 is 18.1 Å². The zero-order chi connectivity index (χ0) is 16.4. The summed E-state index contributed by atoms with van der Waals surface area (Å²) in [5, 5.41) is 21.9. The number of aliphatic carboxylic acids is 1. The van der Waals surface area contributed by atoms with Crippen LogP contribution in [0.4, 0.5) is 5.82 Å².